The highest BCUT2D eigenvalue weighted by Crippen LogP contribution is 2.27. The zero-order valence-electron chi connectivity index (χ0n) is 11.2. The molecule has 2 heterocycles. The maximum atomic E-state index is 5.72. The van der Waals surface area contributed by atoms with Crippen molar-refractivity contribution in [3.63, 3.8) is 0 Å². The minimum absolute atomic E-state index is 0.126. The summed E-state index contributed by atoms with van der Waals surface area (Å²) < 4.78 is 5.64. The number of benzene rings is 1. The van der Waals surface area contributed by atoms with Gasteiger partial charge in [0, 0.05) is 36.4 Å². The number of anilines is 1. The first kappa shape index (κ1) is 12.4. The molecule has 1 fully saturated rings. The van der Waals surface area contributed by atoms with Crippen LogP contribution in [0.4, 0.5) is 5.69 Å². The average molecular weight is 257 g/mol. The standard InChI is InChI=1S/C15H19N3O/c1-11-8-15(13-4-2-3-5-14(13)17-11)18-6-7-19-12(9-16)10-18/h2-5,8,12H,6-7,9-10,16H2,1H3. The summed E-state index contributed by atoms with van der Waals surface area (Å²) in [4.78, 5) is 6.95. The van der Waals surface area contributed by atoms with E-state index >= 15 is 0 Å². The second kappa shape index (κ2) is 5.15. The molecule has 1 aromatic carbocycles. The number of aryl methyl sites for hydroxylation is 1. The average Bonchev–Trinajstić information content (AvgIpc) is 2.46. The van der Waals surface area contributed by atoms with Gasteiger partial charge in [-0.15, -0.1) is 0 Å². The van der Waals surface area contributed by atoms with Gasteiger partial charge in [0.15, 0.2) is 0 Å². The lowest BCUT2D eigenvalue weighted by atomic mass is 10.1. The van der Waals surface area contributed by atoms with Crippen LogP contribution in [-0.4, -0.2) is 37.3 Å². The van der Waals surface area contributed by atoms with Crippen molar-refractivity contribution in [1.29, 1.82) is 0 Å². The number of para-hydroxylation sites is 1. The molecular weight excluding hydrogens is 238 g/mol. The Kier molecular flexibility index (Phi) is 3.36. The van der Waals surface area contributed by atoms with Gasteiger partial charge in [-0.25, -0.2) is 0 Å². The maximum Gasteiger partial charge on any atom is 0.0872 e. The van der Waals surface area contributed by atoms with Crippen LogP contribution >= 0.6 is 0 Å². The third-order valence-electron chi connectivity index (χ3n) is 3.56. The van der Waals surface area contributed by atoms with Crippen LogP contribution in [0.3, 0.4) is 0 Å². The van der Waals surface area contributed by atoms with E-state index in [1.807, 2.05) is 13.0 Å². The molecule has 1 aliphatic rings. The predicted octanol–water partition coefficient (Wildman–Crippen LogP) is 1.71. The van der Waals surface area contributed by atoms with Crippen molar-refractivity contribution in [3.05, 3.63) is 36.0 Å². The third-order valence-corrected chi connectivity index (χ3v) is 3.56. The molecule has 1 aliphatic heterocycles. The molecule has 0 spiro atoms. The van der Waals surface area contributed by atoms with E-state index in [2.05, 4.69) is 34.1 Å². The summed E-state index contributed by atoms with van der Waals surface area (Å²) in [5.74, 6) is 0. The molecular formula is C15H19N3O. The first-order chi connectivity index (χ1) is 9.28. The molecule has 4 heteroatoms. The Balaban J connectivity index is 2.03. The smallest absolute Gasteiger partial charge is 0.0872 e. The number of morpholine rings is 1. The van der Waals surface area contributed by atoms with E-state index in [0.29, 0.717) is 6.54 Å². The van der Waals surface area contributed by atoms with E-state index in [0.717, 1.165) is 30.9 Å². The molecule has 2 N–H and O–H groups in total. The Hall–Kier alpha value is -1.65. The summed E-state index contributed by atoms with van der Waals surface area (Å²) in [6.45, 7) is 5.10. The number of pyridine rings is 1. The van der Waals surface area contributed by atoms with E-state index in [1.165, 1.54) is 11.1 Å². The van der Waals surface area contributed by atoms with E-state index in [9.17, 15) is 0 Å². The zero-order chi connectivity index (χ0) is 13.2. The number of nitrogens with zero attached hydrogens (tertiary/aromatic N) is 2. The summed E-state index contributed by atoms with van der Waals surface area (Å²) in [5.41, 5.74) is 9.06. The Morgan fingerprint density at radius 2 is 2.26 bits per heavy atom. The van der Waals surface area contributed by atoms with Crippen LogP contribution in [0.1, 0.15) is 5.69 Å². The third kappa shape index (κ3) is 2.41. The van der Waals surface area contributed by atoms with Crippen LogP contribution in [0.25, 0.3) is 10.9 Å². The number of nitrogens with two attached hydrogens (primary N) is 1. The Morgan fingerprint density at radius 3 is 3.11 bits per heavy atom. The van der Waals surface area contributed by atoms with Gasteiger partial charge < -0.3 is 15.4 Å². The molecule has 1 saturated heterocycles. The van der Waals surface area contributed by atoms with Gasteiger partial charge in [-0.1, -0.05) is 18.2 Å². The van der Waals surface area contributed by atoms with Gasteiger partial charge in [-0.3, -0.25) is 4.98 Å². The van der Waals surface area contributed by atoms with Crippen LogP contribution in [0.5, 0.6) is 0 Å². The van der Waals surface area contributed by atoms with Gasteiger partial charge >= 0.3 is 0 Å². The topological polar surface area (TPSA) is 51.4 Å². The summed E-state index contributed by atoms with van der Waals surface area (Å²) in [5, 5.41) is 1.20. The summed E-state index contributed by atoms with van der Waals surface area (Å²) in [6.07, 6.45) is 0.126. The van der Waals surface area contributed by atoms with Gasteiger partial charge in [-0.05, 0) is 19.1 Å². The van der Waals surface area contributed by atoms with Gasteiger partial charge in [0.2, 0.25) is 0 Å². The summed E-state index contributed by atoms with van der Waals surface area (Å²) in [7, 11) is 0. The zero-order valence-corrected chi connectivity index (χ0v) is 11.2. The number of aromatic nitrogens is 1. The van der Waals surface area contributed by atoms with Crippen molar-refractivity contribution in [2.24, 2.45) is 5.73 Å². The van der Waals surface area contributed by atoms with Gasteiger partial charge in [0.05, 0.1) is 18.2 Å². The first-order valence-electron chi connectivity index (χ1n) is 6.71. The van der Waals surface area contributed by atoms with E-state index < -0.39 is 0 Å². The van der Waals surface area contributed by atoms with Gasteiger partial charge in [-0.2, -0.15) is 0 Å². The van der Waals surface area contributed by atoms with Crippen molar-refractivity contribution in [2.75, 3.05) is 31.1 Å². The quantitative estimate of drug-likeness (QED) is 0.890. The van der Waals surface area contributed by atoms with Crippen LogP contribution in [0.2, 0.25) is 0 Å². The molecule has 1 aromatic heterocycles. The fourth-order valence-electron chi connectivity index (χ4n) is 2.63. The molecule has 0 radical (unpaired) electrons. The van der Waals surface area contributed by atoms with Crippen molar-refractivity contribution < 1.29 is 4.74 Å². The molecule has 2 aromatic rings. The minimum Gasteiger partial charge on any atom is -0.373 e. The second-order valence-corrected chi connectivity index (χ2v) is 4.97. The van der Waals surface area contributed by atoms with Crippen LogP contribution < -0.4 is 10.6 Å². The number of fused-ring (bicyclic) bond motifs is 1. The SMILES string of the molecule is Cc1cc(N2CCOC(CN)C2)c2ccccc2n1. The van der Waals surface area contributed by atoms with Crippen molar-refractivity contribution in [1.82, 2.24) is 4.98 Å². The number of hydrogen-bond donors (Lipinski definition) is 1. The van der Waals surface area contributed by atoms with E-state index in [-0.39, 0.29) is 6.10 Å². The number of hydrogen-bond acceptors (Lipinski definition) is 4. The van der Waals surface area contributed by atoms with Gasteiger partial charge in [0.25, 0.3) is 0 Å². The predicted molar refractivity (Wildman–Crippen MR) is 77.5 cm³/mol. The fraction of sp³-hybridized carbons (Fsp3) is 0.400. The highest BCUT2D eigenvalue weighted by Gasteiger charge is 2.21. The van der Waals surface area contributed by atoms with Crippen LogP contribution in [0, 0.1) is 6.92 Å². The lowest BCUT2D eigenvalue weighted by Crippen LogP contribution is -2.45. The number of rotatable bonds is 2. The van der Waals surface area contributed by atoms with Crippen LogP contribution in [-0.2, 0) is 4.74 Å². The van der Waals surface area contributed by atoms with Crippen molar-refractivity contribution in [2.45, 2.75) is 13.0 Å². The molecule has 0 aliphatic carbocycles. The second-order valence-electron chi connectivity index (χ2n) is 4.97. The molecule has 1 atom stereocenters. The molecule has 0 saturated carbocycles. The summed E-state index contributed by atoms with van der Waals surface area (Å²) >= 11 is 0. The fourth-order valence-corrected chi connectivity index (χ4v) is 2.63. The lowest BCUT2D eigenvalue weighted by Gasteiger charge is -2.34. The Bertz CT molecular complexity index is 585. The van der Waals surface area contributed by atoms with E-state index in [4.69, 9.17) is 10.5 Å². The Labute approximate surface area is 113 Å². The van der Waals surface area contributed by atoms with Gasteiger partial charge in [0.1, 0.15) is 0 Å². The molecule has 3 rings (SSSR count). The van der Waals surface area contributed by atoms with Crippen molar-refractivity contribution in [3.8, 4) is 0 Å². The molecule has 4 nitrogen and oxygen atoms in total. The lowest BCUT2D eigenvalue weighted by molar-refractivity contribution is 0.0466. The highest BCUT2D eigenvalue weighted by molar-refractivity contribution is 5.92. The maximum absolute atomic E-state index is 5.72. The molecule has 1 unspecified atom stereocenters. The van der Waals surface area contributed by atoms with E-state index in [1.54, 1.807) is 0 Å². The number of ether oxygens (including phenoxy) is 1. The largest absolute Gasteiger partial charge is 0.373 e. The summed E-state index contributed by atoms with van der Waals surface area (Å²) in [6, 6.07) is 10.4. The normalized spacial score (nSPS) is 19.9. The van der Waals surface area contributed by atoms with Crippen molar-refractivity contribution >= 4 is 16.6 Å². The first-order valence-corrected chi connectivity index (χ1v) is 6.71. The van der Waals surface area contributed by atoms with Crippen LogP contribution in [0.15, 0.2) is 30.3 Å². The molecule has 19 heavy (non-hydrogen) atoms. The highest BCUT2D eigenvalue weighted by atomic mass is 16.5. The molecule has 0 amide bonds. The minimum atomic E-state index is 0.126. The monoisotopic (exact) mass is 257 g/mol. The Morgan fingerprint density at radius 1 is 1.42 bits per heavy atom. The molecule has 100 valence electrons. The molecule has 0 bridgehead atoms.